The highest BCUT2D eigenvalue weighted by Crippen LogP contribution is 2.15. The summed E-state index contributed by atoms with van der Waals surface area (Å²) < 4.78 is 0. The number of rotatable bonds is 8. The highest BCUT2D eigenvalue weighted by molar-refractivity contribution is 5.97. The first-order valence-electron chi connectivity index (χ1n) is 7.44. The van der Waals surface area contributed by atoms with Crippen LogP contribution in [0.2, 0.25) is 0 Å². The van der Waals surface area contributed by atoms with E-state index in [-0.39, 0.29) is 5.78 Å². The van der Waals surface area contributed by atoms with Crippen molar-refractivity contribution in [1.29, 1.82) is 0 Å². The Bertz CT molecular complexity index is 375. The summed E-state index contributed by atoms with van der Waals surface area (Å²) in [6.45, 7) is 11.2. The third-order valence-corrected chi connectivity index (χ3v) is 3.35. The van der Waals surface area contributed by atoms with Crippen LogP contribution in [0.1, 0.15) is 62.4 Å². The first-order chi connectivity index (χ1) is 9.08. The predicted molar refractivity (Wildman–Crippen MR) is 81.9 cm³/mol. The predicted octanol–water partition coefficient (Wildman–Crippen LogP) is 4.11. The third-order valence-electron chi connectivity index (χ3n) is 3.35. The van der Waals surface area contributed by atoms with Gasteiger partial charge in [0.25, 0.3) is 0 Å². The highest BCUT2D eigenvalue weighted by atomic mass is 16.1. The largest absolute Gasteiger partial charge is 0.296 e. The van der Waals surface area contributed by atoms with Gasteiger partial charge in [-0.15, -0.1) is 0 Å². The van der Waals surface area contributed by atoms with Gasteiger partial charge >= 0.3 is 0 Å². The maximum atomic E-state index is 12.2. The summed E-state index contributed by atoms with van der Waals surface area (Å²) in [4.78, 5) is 14.5. The molecule has 0 aliphatic rings. The second-order valence-electron chi connectivity index (χ2n) is 5.48. The Balaban J connectivity index is 2.65. The lowest BCUT2D eigenvalue weighted by atomic mass is 10.0. The Labute approximate surface area is 117 Å². The van der Waals surface area contributed by atoms with Gasteiger partial charge in [0, 0.05) is 5.56 Å². The molecule has 1 aromatic rings. The maximum Gasteiger partial charge on any atom is 0.176 e. The lowest BCUT2D eigenvalue weighted by molar-refractivity contribution is 0.0930. The van der Waals surface area contributed by atoms with Crippen LogP contribution in [0.25, 0.3) is 0 Å². The van der Waals surface area contributed by atoms with E-state index in [0.29, 0.717) is 12.5 Å². The van der Waals surface area contributed by atoms with Crippen LogP contribution >= 0.6 is 0 Å². The van der Waals surface area contributed by atoms with Crippen molar-refractivity contribution in [3.8, 4) is 0 Å². The molecule has 0 aliphatic carbocycles. The second kappa shape index (κ2) is 8.11. The fraction of sp³-hybridized carbons (Fsp3) is 0.588. The summed E-state index contributed by atoms with van der Waals surface area (Å²) in [6, 6.07) is 8.07. The Kier molecular flexibility index (Phi) is 6.79. The molecule has 0 heterocycles. The van der Waals surface area contributed by atoms with Gasteiger partial charge in [-0.3, -0.25) is 9.69 Å². The van der Waals surface area contributed by atoms with Gasteiger partial charge in [0.05, 0.1) is 6.54 Å². The van der Waals surface area contributed by atoms with Gasteiger partial charge in [0.15, 0.2) is 5.78 Å². The summed E-state index contributed by atoms with van der Waals surface area (Å²) in [5.74, 6) is 0.748. The summed E-state index contributed by atoms with van der Waals surface area (Å²) in [5, 5.41) is 0. The van der Waals surface area contributed by atoms with Crippen molar-refractivity contribution in [1.82, 2.24) is 4.90 Å². The van der Waals surface area contributed by atoms with Crippen molar-refractivity contribution >= 4 is 5.78 Å². The molecule has 1 rings (SSSR count). The smallest absolute Gasteiger partial charge is 0.176 e. The second-order valence-corrected chi connectivity index (χ2v) is 5.48. The molecule has 19 heavy (non-hydrogen) atoms. The number of ketones is 1. The van der Waals surface area contributed by atoms with E-state index in [1.807, 2.05) is 12.1 Å². The molecule has 0 saturated carbocycles. The molecule has 0 amide bonds. The first kappa shape index (κ1) is 15.9. The first-order valence-corrected chi connectivity index (χ1v) is 7.44. The Morgan fingerprint density at radius 1 is 1.05 bits per heavy atom. The fourth-order valence-corrected chi connectivity index (χ4v) is 2.25. The summed E-state index contributed by atoms with van der Waals surface area (Å²) in [7, 11) is 0. The van der Waals surface area contributed by atoms with Crippen molar-refractivity contribution in [3.63, 3.8) is 0 Å². The lowest BCUT2D eigenvalue weighted by Gasteiger charge is -2.20. The number of hydrogen-bond acceptors (Lipinski definition) is 2. The van der Waals surface area contributed by atoms with Gasteiger partial charge in [-0.25, -0.2) is 0 Å². The lowest BCUT2D eigenvalue weighted by Crippen LogP contribution is -2.31. The fourth-order valence-electron chi connectivity index (χ4n) is 2.25. The van der Waals surface area contributed by atoms with E-state index in [1.165, 1.54) is 5.56 Å². The van der Waals surface area contributed by atoms with Crippen LogP contribution in [0, 0.1) is 0 Å². The molecular formula is C17H27NO. The van der Waals surface area contributed by atoms with Gasteiger partial charge < -0.3 is 0 Å². The molecular weight excluding hydrogens is 234 g/mol. The van der Waals surface area contributed by atoms with E-state index < -0.39 is 0 Å². The minimum absolute atomic E-state index is 0.234. The van der Waals surface area contributed by atoms with Crippen molar-refractivity contribution in [2.45, 2.75) is 46.5 Å². The quantitative estimate of drug-likeness (QED) is 0.656. The minimum Gasteiger partial charge on any atom is -0.296 e. The summed E-state index contributed by atoms with van der Waals surface area (Å²) >= 11 is 0. The van der Waals surface area contributed by atoms with Crippen LogP contribution in [-0.2, 0) is 0 Å². The standard InChI is InChI=1S/C17H27NO/c1-5-11-18(12-6-2)13-17(19)16-9-7-15(8-10-16)14(3)4/h7-10,14H,5-6,11-13H2,1-4H3. The number of nitrogens with zero attached hydrogens (tertiary/aromatic N) is 1. The molecule has 0 N–H and O–H groups in total. The number of carbonyl (C=O) groups excluding carboxylic acids is 1. The molecule has 0 spiro atoms. The Hall–Kier alpha value is -1.15. The zero-order valence-electron chi connectivity index (χ0n) is 12.8. The Morgan fingerprint density at radius 3 is 2.00 bits per heavy atom. The van der Waals surface area contributed by atoms with Crippen LogP contribution in [-0.4, -0.2) is 30.3 Å². The van der Waals surface area contributed by atoms with Crippen LogP contribution in [0.5, 0.6) is 0 Å². The number of hydrogen-bond donors (Lipinski definition) is 0. The molecule has 0 aliphatic heterocycles. The Morgan fingerprint density at radius 2 is 1.58 bits per heavy atom. The zero-order valence-corrected chi connectivity index (χ0v) is 12.8. The van der Waals surface area contributed by atoms with Crippen molar-refractivity contribution in [2.24, 2.45) is 0 Å². The molecule has 0 saturated heterocycles. The molecule has 0 radical (unpaired) electrons. The van der Waals surface area contributed by atoms with Gasteiger partial charge in [0.2, 0.25) is 0 Å². The molecule has 0 bridgehead atoms. The van der Waals surface area contributed by atoms with Gasteiger partial charge in [-0.1, -0.05) is 52.0 Å². The van der Waals surface area contributed by atoms with E-state index >= 15 is 0 Å². The van der Waals surface area contributed by atoms with E-state index in [2.05, 4.69) is 44.7 Å². The molecule has 2 heteroatoms. The molecule has 0 aromatic heterocycles. The number of benzene rings is 1. The third kappa shape index (κ3) is 5.15. The summed E-state index contributed by atoms with van der Waals surface area (Å²) in [5.41, 5.74) is 2.12. The van der Waals surface area contributed by atoms with Crippen molar-refractivity contribution < 1.29 is 4.79 Å². The minimum atomic E-state index is 0.234. The molecule has 106 valence electrons. The monoisotopic (exact) mass is 261 g/mol. The van der Waals surface area contributed by atoms with Gasteiger partial charge in [-0.05, 0) is 37.4 Å². The van der Waals surface area contributed by atoms with Crippen LogP contribution in [0.4, 0.5) is 0 Å². The van der Waals surface area contributed by atoms with Gasteiger partial charge in [0.1, 0.15) is 0 Å². The highest BCUT2D eigenvalue weighted by Gasteiger charge is 2.11. The van der Waals surface area contributed by atoms with Crippen molar-refractivity contribution in [2.75, 3.05) is 19.6 Å². The average molecular weight is 261 g/mol. The topological polar surface area (TPSA) is 20.3 Å². The van der Waals surface area contributed by atoms with Crippen molar-refractivity contribution in [3.05, 3.63) is 35.4 Å². The molecule has 0 fully saturated rings. The number of carbonyl (C=O) groups is 1. The van der Waals surface area contributed by atoms with Crippen LogP contribution in [0.3, 0.4) is 0 Å². The van der Waals surface area contributed by atoms with Crippen LogP contribution < -0.4 is 0 Å². The zero-order chi connectivity index (χ0) is 14.3. The molecule has 2 nitrogen and oxygen atoms in total. The normalized spacial score (nSPS) is 11.3. The molecule has 1 aromatic carbocycles. The van der Waals surface area contributed by atoms with E-state index in [0.717, 1.165) is 31.5 Å². The van der Waals surface area contributed by atoms with E-state index in [1.54, 1.807) is 0 Å². The van der Waals surface area contributed by atoms with E-state index in [4.69, 9.17) is 0 Å². The molecule has 0 unspecified atom stereocenters. The average Bonchev–Trinajstić information content (AvgIpc) is 2.39. The SMILES string of the molecule is CCCN(CCC)CC(=O)c1ccc(C(C)C)cc1. The van der Waals surface area contributed by atoms with E-state index in [9.17, 15) is 4.79 Å². The maximum absolute atomic E-state index is 12.2. The molecule has 0 atom stereocenters. The van der Waals surface area contributed by atoms with Crippen LogP contribution in [0.15, 0.2) is 24.3 Å². The van der Waals surface area contributed by atoms with Gasteiger partial charge in [-0.2, -0.15) is 0 Å². The summed E-state index contributed by atoms with van der Waals surface area (Å²) in [6.07, 6.45) is 2.19. The number of Topliss-reactive ketones (excluding diaryl/α,β-unsaturated/α-hetero) is 1.